The zero-order valence-corrected chi connectivity index (χ0v) is 17.3. The first kappa shape index (κ1) is 22.3. The normalized spacial score (nSPS) is 10.6. The number of hydrogen-bond acceptors (Lipinski definition) is 7. The summed E-state index contributed by atoms with van der Waals surface area (Å²) in [6, 6.07) is 13.9. The number of ether oxygens (including phenoxy) is 3. The molecule has 8 heteroatoms. The summed E-state index contributed by atoms with van der Waals surface area (Å²) in [5.74, 6) is -0.466. The van der Waals surface area contributed by atoms with Crippen LogP contribution in [0.1, 0.15) is 5.56 Å². The summed E-state index contributed by atoms with van der Waals surface area (Å²) < 4.78 is 15.3. The lowest BCUT2D eigenvalue weighted by atomic mass is 10.1. The number of nitriles is 1. The van der Waals surface area contributed by atoms with Crippen molar-refractivity contribution >= 4 is 29.3 Å². The van der Waals surface area contributed by atoms with E-state index in [2.05, 4.69) is 5.32 Å². The van der Waals surface area contributed by atoms with Crippen LogP contribution in [0, 0.1) is 11.3 Å². The Bertz CT molecular complexity index is 975. The Balaban J connectivity index is 1.97. The standard InChI is InChI=1S/C22H23N3O5/c1-25(2)18-8-5-15(6-9-18)11-16(13-23)22(27)30-14-21(26)24-17-7-10-19(28-3)20(12-17)29-4/h5-12H,14H2,1-4H3,(H,24,26)/b16-11+. The van der Waals surface area contributed by atoms with Gasteiger partial charge in [0.25, 0.3) is 5.91 Å². The van der Waals surface area contributed by atoms with E-state index in [-0.39, 0.29) is 5.57 Å². The van der Waals surface area contributed by atoms with E-state index < -0.39 is 18.5 Å². The van der Waals surface area contributed by atoms with Crippen molar-refractivity contribution in [3.63, 3.8) is 0 Å². The van der Waals surface area contributed by atoms with Crippen LogP contribution in [0.5, 0.6) is 11.5 Å². The molecular formula is C22H23N3O5. The molecule has 0 bridgehead atoms. The lowest BCUT2D eigenvalue weighted by Gasteiger charge is -2.12. The van der Waals surface area contributed by atoms with Gasteiger partial charge in [-0.05, 0) is 35.9 Å². The number of methoxy groups -OCH3 is 2. The summed E-state index contributed by atoms with van der Waals surface area (Å²) in [4.78, 5) is 26.2. The van der Waals surface area contributed by atoms with Crippen LogP contribution in [-0.4, -0.2) is 46.8 Å². The zero-order valence-electron chi connectivity index (χ0n) is 17.3. The molecule has 0 aliphatic rings. The maximum atomic E-state index is 12.2. The summed E-state index contributed by atoms with van der Waals surface area (Å²) in [6.07, 6.45) is 1.41. The monoisotopic (exact) mass is 409 g/mol. The van der Waals surface area contributed by atoms with Gasteiger partial charge >= 0.3 is 5.97 Å². The Kier molecular flexibility index (Phi) is 7.82. The van der Waals surface area contributed by atoms with Crippen LogP contribution in [0.25, 0.3) is 6.08 Å². The van der Waals surface area contributed by atoms with E-state index in [1.807, 2.05) is 31.1 Å². The van der Waals surface area contributed by atoms with Gasteiger partial charge in [0, 0.05) is 31.5 Å². The molecule has 0 aromatic heterocycles. The van der Waals surface area contributed by atoms with E-state index in [1.165, 1.54) is 20.3 Å². The Morgan fingerprint density at radius 2 is 1.73 bits per heavy atom. The molecule has 1 amide bonds. The third kappa shape index (κ3) is 6.01. The smallest absolute Gasteiger partial charge is 0.349 e. The predicted octanol–water partition coefficient (Wildman–Crippen LogP) is 2.86. The van der Waals surface area contributed by atoms with Gasteiger partial charge in [-0.1, -0.05) is 12.1 Å². The second-order valence-corrected chi connectivity index (χ2v) is 6.35. The van der Waals surface area contributed by atoms with E-state index in [0.29, 0.717) is 22.7 Å². The second-order valence-electron chi connectivity index (χ2n) is 6.35. The molecule has 0 unspecified atom stereocenters. The molecular weight excluding hydrogens is 386 g/mol. The molecule has 2 rings (SSSR count). The maximum Gasteiger partial charge on any atom is 0.349 e. The minimum absolute atomic E-state index is 0.202. The van der Waals surface area contributed by atoms with Crippen molar-refractivity contribution < 1.29 is 23.8 Å². The van der Waals surface area contributed by atoms with E-state index in [0.717, 1.165) is 5.69 Å². The Morgan fingerprint density at radius 1 is 1.07 bits per heavy atom. The van der Waals surface area contributed by atoms with Gasteiger partial charge in [-0.25, -0.2) is 4.79 Å². The van der Waals surface area contributed by atoms with Gasteiger partial charge in [-0.15, -0.1) is 0 Å². The zero-order chi connectivity index (χ0) is 22.1. The predicted molar refractivity (Wildman–Crippen MR) is 113 cm³/mol. The van der Waals surface area contributed by atoms with E-state index >= 15 is 0 Å². The van der Waals surface area contributed by atoms with Gasteiger partial charge in [0.1, 0.15) is 11.6 Å². The SMILES string of the molecule is COc1ccc(NC(=O)COC(=O)/C(C#N)=C/c2ccc(N(C)C)cc2)cc1OC. The highest BCUT2D eigenvalue weighted by Gasteiger charge is 2.14. The molecule has 0 spiro atoms. The molecule has 156 valence electrons. The molecule has 0 aliphatic carbocycles. The van der Waals surface area contributed by atoms with E-state index in [4.69, 9.17) is 14.2 Å². The highest BCUT2D eigenvalue weighted by atomic mass is 16.5. The number of carbonyl (C=O) groups is 2. The van der Waals surface area contributed by atoms with Crippen molar-refractivity contribution in [2.45, 2.75) is 0 Å². The van der Waals surface area contributed by atoms with Crippen LogP contribution in [0.15, 0.2) is 48.0 Å². The van der Waals surface area contributed by atoms with Crippen molar-refractivity contribution in [3.05, 3.63) is 53.6 Å². The first-order valence-corrected chi connectivity index (χ1v) is 8.96. The summed E-state index contributed by atoms with van der Waals surface area (Å²) in [5.41, 5.74) is 1.90. The van der Waals surface area contributed by atoms with Crippen molar-refractivity contribution in [3.8, 4) is 17.6 Å². The van der Waals surface area contributed by atoms with Gasteiger partial charge < -0.3 is 24.4 Å². The molecule has 0 saturated heterocycles. The molecule has 0 fully saturated rings. The van der Waals surface area contributed by atoms with E-state index in [9.17, 15) is 14.9 Å². The first-order chi connectivity index (χ1) is 14.4. The minimum atomic E-state index is -0.878. The average molecular weight is 409 g/mol. The van der Waals surface area contributed by atoms with Crippen molar-refractivity contribution in [1.29, 1.82) is 5.26 Å². The lowest BCUT2D eigenvalue weighted by molar-refractivity contribution is -0.142. The largest absolute Gasteiger partial charge is 0.493 e. The van der Waals surface area contributed by atoms with Crippen LogP contribution < -0.4 is 19.7 Å². The van der Waals surface area contributed by atoms with Gasteiger partial charge in [0.15, 0.2) is 18.1 Å². The van der Waals surface area contributed by atoms with Crippen LogP contribution in [0.4, 0.5) is 11.4 Å². The second kappa shape index (κ2) is 10.5. The number of nitrogens with one attached hydrogen (secondary N) is 1. The highest BCUT2D eigenvalue weighted by Crippen LogP contribution is 2.29. The average Bonchev–Trinajstić information content (AvgIpc) is 2.75. The van der Waals surface area contributed by atoms with E-state index in [1.54, 1.807) is 36.4 Å². The summed E-state index contributed by atoms with van der Waals surface area (Å²) in [6.45, 7) is -0.536. The first-order valence-electron chi connectivity index (χ1n) is 8.96. The fraction of sp³-hybridized carbons (Fsp3) is 0.227. The van der Waals surface area contributed by atoms with Crippen molar-refractivity contribution in [2.24, 2.45) is 0 Å². The Labute approximate surface area is 175 Å². The lowest BCUT2D eigenvalue weighted by Crippen LogP contribution is -2.21. The number of nitrogens with zero attached hydrogens (tertiary/aromatic N) is 2. The van der Waals surface area contributed by atoms with Gasteiger partial charge in [-0.2, -0.15) is 5.26 Å². The van der Waals surface area contributed by atoms with Gasteiger partial charge in [0.2, 0.25) is 0 Å². The fourth-order valence-corrected chi connectivity index (χ4v) is 2.49. The third-order valence-electron chi connectivity index (χ3n) is 4.06. The molecule has 30 heavy (non-hydrogen) atoms. The third-order valence-corrected chi connectivity index (χ3v) is 4.06. The van der Waals surface area contributed by atoms with Crippen LogP contribution in [-0.2, 0) is 14.3 Å². The Hall–Kier alpha value is -3.99. The number of amides is 1. The maximum absolute atomic E-state index is 12.2. The fourth-order valence-electron chi connectivity index (χ4n) is 2.49. The van der Waals surface area contributed by atoms with Crippen molar-refractivity contribution in [1.82, 2.24) is 0 Å². The number of carbonyl (C=O) groups excluding carboxylic acids is 2. The molecule has 2 aromatic carbocycles. The molecule has 0 saturated carbocycles. The van der Waals surface area contributed by atoms with Crippen LogP contribution in [0.3, 0.4) is 0 Å². The number of rotatable bonds is 8. The molecule has 1 N–H and O–H groups in total. The quantitative estimate of drug-likeness (QED) is 0.406. The summed E-state index contributed by atoms with van der Waals surface area (Å²) in [7, 11) is 6.81. The topological polar surface area (TPSA) is 101 Å². The molecule has 0 atom stereocenters. The minimum Gasteiger partial charge on any atom is -0.493 e. The molecule has 2 aromatic rings. The van der Waals surface area contributed by atoms with Crippen LogP contribution in [0.2, 0.25) is 0 Å². The number of hydrogen-bond donors (Lipinski definition) is 1. The van der Waals surface area contributed by atoms with Gasteiger partial charge in [-0.3, -0.25) is 4.79 Å². The Morgan fingerprint density at radius 3 is 2.30 bits per heavy atom. The van der Waals surface area contributed by atoms with Gasteiger partial charge in [0.05, 0.1) is 14.2 Å². The number of esters is 1. The summed E-state index contributed by atoms with van der Waals surface area (Å²) in [5, 5.41) is 11.8. The molecule has 0 aliphatic heterocycles. The molecule has 0 radical (unpaired) electrons. The molecule has 8 nitrogen and oxygen atoms in total. The van der Waals surface area contributed by atoms with Crippen LogP contribution >= 0.6 is 0 Å². The summed E-state index contributed by atoms with van der Waals surface area (Å²) >= 11 is 0. The highest BCUT2D eigenvalue weighted by molar-refractivity contribution is 6.00. The number of benzene rings is 2. The van der Waals surface area contributed by atoms with Crippen molar-refractivity contribution in [2.75, 3.05) is 45.1 Å². The molecule has 0 heterocycles. The number of anilines is 2.